The quantitative estimate of drug-likeness (QED) is 0.461. The van der Waals surface area contributed by atoms with Gasteiger partial charge in [-0.2, -0.15) is 8.42 Å². The third-order valence-corrected chi connectivity index (χ3v) is 5.46. The normalized spacial score (nSPS) is 11.9. The highest BCUT2D eigenvalue weighted by molar-refractivity contribution is 7.91. The number of sulfone groups is 1. The van der Waals surface area contributed by atoms with Crippen LogP contribution in [0.4, 0.5) is 11.4 Å². The number of nitrogens with two attached hydrogens (primary N) is 1. The van der Waals surface area contributed by atoms with E-state index in [0.29, 0.717) is 5.69 Å². The van der Waals surface area contributed by atoms with Gasteiger partial charge in [0.1, 0.15) is 0 Å². The summed E-state index contributed by atoms with van der Waals surface area (Å²) in [6.45, 7) is -0.791. The summed E-state index contributed by atoms with van der Waals surface area (Å²) in [4.78, 5) is 12.0. The SMILES string of the molecule is Nc1c(C(=O)Nc2ccccc2)cccc1S(=O)(=O)CCOS(=O)(=O)O. The first-order valence-corrected chi connectivity index (χ1v) is 10.2. The van der Waals surface area contributed by atoms with Gasteiger partial charge >= 0.3 is 10.4 Å². The van der Waals surface area contributed by atoms with Crippen molar-refractivity contribution in [2.75, 3.05) is 23.4 Å². The highest BCUT2D eigenvalue weighted by atomic mass is 32.3. The summed E-state index contributed by atoms with van der Waals surface area (Å²) in [6.07, 6.45) is 0. The summed E-state index contributed by atoms with van der Waals surface area (Å²) in [5, 5.41) is 2.59. The minimum Gasteiger partial charge on any atom is -0.397 e. The van der Waals surface area contributed by atoms with E-state index in [1.807, 2.05) is 0 Å². The summed E-state index contributed by atoms with van der Waals surface area (Å²) in [7, 11) is -8.80. The first-order valence-electron chi connectivity index (χ1n) is 7.19. The van der Waals surface area contributed by atoms with Crippen molar-refractivity contribution in [1.29, 1.82) is 0 Å². The number of hydrogen-bond acceptors (Lipinski definition) is 7. The Bertz CT molecular complexity index is 1000. The first kappa shape index (κ1) is 19.8. The monoisotopic (exact) mass is 400 g/mol. The van der Waals surface area contributed by atoms with E-state index in [4.69, 9.17) is 10.3 Å². The maximum Gasteiger partial charge on any atom is 0.397 e. The number of carbonyl (C=O) groups excluding carboxylic acids is 1. The molecule has 2 aromatic rings. The molecule has 0 radical (unpaired) electrons. The van der Waals surface area contributed by atoms with Gasteiger partial charge < -0.3 is 11.1 Å². The van der Waals surface area contributed by atoms with Crippen molar-refractivity contribution in [2.45, 2.75) is 4.90 Å². The number of carbonyl (C=O) groups is 1. The van der Waals surface area contributed by atoms with Crippen molar-refractivity contribution < 1.29 is 30.4 Å². The Morgan fingerprint density at radius 2 is 1.69 bits per heavy atom. The van der Waals surface area contributed by atoms with Crippen LogP contribution in [0.15, 0.2) is 53.4 Å². The van der Waals surface area contributed by atoms with Crippen LogP contribution in [0.5, 0.6) is 0 Å². The molecular weight excluding hydrogens is 384 g/mol. The van der Waals surface area contributed by atoms with Gasteiger partial charge in [0.2, 0.25) is 0 Å². The van der Waals surface area contributed by atoms with Crippen LogP contribution in [0, 0.1) is 0 Å². The lowest BCUT2D eigenvalue weighted by Gasteiger charge is -2.12. The van der Waals surface area contributed by atoms with Crippen molar-refractivity contribution in [3.8, 4) is 0 Å². The summed E-state index contributed by atoms with van der Waals surface area (Å²) in [5.74, 6) is -1.35. The van der Waals surface area contributed by atoms with Crippen LogP contribution in [-0.2, 0) is 24.4 Å². The van der Waals surface area contributed by atoms with Crippen LogP contribution < -0.4 is 11.1 Å². The zero-order valence-electron chi connectivity index (χ0n) is 13.3. The van der Waals surface area contributed by atoms with Gasteiger partial charge in [0, 0.05) is 5.69 Å². The molecule has 0 fully saturated rings. The summed E-state index contributed by atoms with van der Waals surface area (Å²) in [6, 6.07) is 12.4. The maximum atomic E-state index is 12.3. The van der Waals surface area contributed by atoms with Crippen molar-refractivity contribution in [2.24, 2.45) is 0 Å². The standard InChI is InChI=1S/C15H16N2O7S2/c16-14-12(15(18)17-11-5-2-1-3-6-11)7-4-8-13(14)25(19,20)10-9-24-26(21,22)23/h1-8H,9-10,16H2,(H,17,18)(H,21,22,23). The Hall–Kier alpha value is -2.47. The molecule has 26 heavy (non-hydrogen) atoms. The molecule has 9 nitrogen and oxygen atoms in total. The molecule has 0 bridgehead atoms. The lowest BCUT2D eigenvalue weighted by molar-refractivity contribution is 0.102. The van der Waals surface area contributed by atoms with Crippen molar-refractivity contribution in [3.05, 3.63) is 54.1 Å². The molecule has 0 heterocycles. The van der Waals surface area contributed by atoms with Crippen LogP contribution in [0.3, 0.4) is 0 Å². The highest BCUT2D eigenvalue weighted by Gasteiger charge is 2.22. The number of para-hydroxylation sites is 2. The maximum absolute atomic E-state index is 12.3. The van der Waals surface area contributed by atoms with Gasteiger partial charge in [-0.05, 0) is 24.3 Å². The van der Waals surface area contributed by atoms with E-state index in [9.17, 15) is 21.6 Å². The molecular formula is C15H16N2O7S2. The average molecular weight is 400 g/mol. The minimum absolute atomic E-state index is 0.0503. The van der Waals surface area contributed by atoms with E-state index in [0.717, 1.165) is 0 Å². The molecule has 0 unspecified atom stereocenters. The number of nitrogens with one attached hydrogen (secondary N) is 1. The van der Waals surface area contributed by atoms with Gasteiger partial charge in [-0.25, -0.2) is 12.6 Å². The first-order chi connectivity index (χ1) is 12.1. The van der Waals surface area contributed by atoms with Gasteiger partial charge in [-0.3, -0.25) is 9.35 Å². The molecule has 0 spiro atoms. The second-order valence-electron chi connectivity index (χ2n) is 5.11. The number of nitrogen functional groups attached to an aromatic ring is 1. The molecule has 0 aromatic heterocycles. The Balaban J connectivity index is 2.24. The summed E-state index contributed by atoms with van der Waals surface area (Å²) >= 11 is 0. The fourth-order valence-electron chi connectivity index (χ4n) is 2.09. The smallest absolute Gasteiger partial charge is 0.397 e. The predicted octanol–water partition coefficient (Wildman–Crippen LogP) is 1.11. The third kappa shape index (κ3) is 5.26. The largest absolute Gasteiger partial charge is 0.397 e. The van der Waals surface area contributed by atoms with Crippen LogP contribution in [-0.4, -0.2) is 39.7 Å². The Morgan fingerprint density at radius 1 is 1.04 bits per heavy atom. The zero-order chi connectivity index (χ0) is 19.4. The van der Waals surface area contributed by atoms with Crippen LogP contribution in [0.25, 0.3) is 0 Å². The van der Waals surface area contributed by atoms with Crippen LogP contribution in [0.2, 0.25) is 0 Å². The van der Waals surface area contributed by atoms with Gasteiger partial charge in [0.15, 0.2) is 9.84 Å². The molecule has 4 N–H and O–H groups in total. The third-order valence-electron chi connectivity index (χ3n) is 3.26. The number of amides is 1. The van der Waals surface area contributed by atoms with Crippen molar-refractivity contribution >= 4 is 37.5 Å². The van der Waals surface area contributed by atoms with Gasteiger partial charge in [0.25, 0.3) is 5.91 Å². The molecule has 11 heteroatoms. The molecule has 2 rings (SSSR count). The molecule has 1 amide bonds. The Kier molecular flexibility index (Phi) is 5.97. The lowest BCUT2D eigenvalue weighted by atomic mass is 10.1. The second kappa shape index (κ2) is 7.83. The van der Waals surface area contributed by atoms with Gasteiger partial charge in [0.05, 0.1) is 28.5 Å². The van der Waals surface area contributed by atoms with Crippen molar-refractivity contribution in [3.63, 3.8) is 0 Å². The highest BCUT2D eigenvalue weighted by Crippen LogP contribution is 2.24. The molecule has 0 atom stereocenters. The van der Waals surface area contributed by atoms with E-state index in [2.05, 4.69) is 9.50 Å². The molecule has 0 saturated carbocycles. The Labute approximate surface area is 150 Å². The molecule has 0 aliphatic heterocycles. The summed E-state index contributed by atoms with van der Waals surface area (Å²) in [5.41, 5.74) is 6.02. The van der Waals surface area contributed by atoms with E-state index in [1.54, 1.807) is 30.3 Å². The molecule has 2 aromatic carbocycles. The number of anilines is 2. The van der Waals surface area contributed by atoms with E-state index in [1.165, 1.54) is 18.2 Å². The van der Waals surface area contributed by atoms with Crippen LogP contribution >= 0.6 is 0 Å². The van der Waals surface area contributed by atoms with Crippen LogP contribution in [0.1, 0.15) is 10.4 Å². The molecule has 140 valence electrons. The van der Waals surface area contributed by atoms with E-state index < -0.39 is 38.5 Å². The van der Waals surface area contributed by atoms with Gasteiger partial charge in [-0.15, -0.1) is 0 Å². The number of hydrogen-bond donors (Lipinski definition) is 3. The topological polar surface area (TPSA) is 153 Å². The molecule has 0 aliphatic rings. The second-order valence-corrected chi connectivity index (χ2v) is 8.27. The summed E-state index contributed by atoms with van der Waals surface area (Å²) < 4.78 is 58.1. The predicted molar refractivity (Wildman–Crippen MR) is 94.8 cm³/mol. The Morgan fingerprint density at radius 3 is 2.31 bits per heavy atom. The fraction of sp³-hybridized carbons (Fsp3) is 0.133. The number of rotatable bonds is 7. The fourth-order valence-corrected chi connectivity index (χ4v) is 3.75. The average Bonchev–Trinajstić information content (AvgIpc) is 2.54. The van der Waals surface area contributed by atoms with Crippen molar-refractivity contribution in [1.82, 2.24) is 0 Å². The number of benzene rings is 2. The molecule has 0 saturated heterocycles. The lowest BCUT2D eigenvalue weighted by Crippen LogP contribution is -2.19. The van der Waals surface area contributed by atoms with E-state index in [-0.39, 0.29) is 16.1 Å². The van der Waals surface area contributed by atoms with E-state index >= 15 is 0 Å². The minimum atomic E-state index is -4.75. The molecule has 0 aliphatic carbocycles. The zero-order valence-corrected chi connectivity index (χ0v) is 15.0. The van der Waals surface area contributed by atoms with Gasteiger partial charge in [-0.1, -0.05) is 24.3 Å².